The van der Waals surface area contributed by atoms with Gasteiger partial charge in [-0.25, -0.2) is 0 Å². The average molecular weight is 336 g/mol. The number of methoxy groups -OCH3 is 1. The number of hydrogen-bond acceptors (Lipinski definition) is 5. The summed E-state index contributed by atoms with van der Waals surface area (Å²) < 4.78 is 11.0. The molecule has 2 atom stereocenters. The Hall–Kier alpha value is -1.63. The molecule has 1 unspecified atom stereocenters. The van der Waals surface area contributed by atoms with E-state index in [0.717, 1.165) is 24.2 Å². The maximum atomic E-state index is 12.3. The molecule has 0 spiro atoms. The number of benzene rings is 1. The lowest BCUT2D eigenvalue weighted by Gasteiger charge is -2.35. The molecule has 0 saturated carbocycles. The summed E-state index contributed by atoms with van der Waals surface area (Å²) >= 11 is 0. The molecule has 1 aromatic rings. The predicted molar refractivity (Wildman–Crippen MR) is 91.7 cm³/mol. The summed E-state index contributed by atoms with van der Waals surface area (Å²) in [6.07, 6.45) is 0.904. The van der Waals surface area contributed by atoms with Gasteiger partial charge in [-0.2, -0.15) is 0 Å². The molecule has 134 valence electrons. The second kappa shape index (κ2) is 7.96. The van der Waals surface area contributed by atoms with E-state index in [4.69, 9.17) is 15.2 Å². The van der Waals surface area contributed by atoms with Gasteiger partial charge in [-0.15, -0.1) is 0 Å². The zero-order chi connectivity index (χ0) is 17.7. The number of carbonyl (C=O) groups is 1. The van der Waals surface area contributed by atoms with Crippen LogP contribution in [0.25, 0.3) is 0 Å². The van der Waals surface area contributed by atoms with Gasteiger partial charge in [-0.1, -0.05) is 12.1 Å². The third kappa shape index (κ3) is 4.47. The van der Waals surface area contributed by atoms with Crippen molar-refractivity contribution < 1.29 is 19.4 Å². The van der Waals surface area contributed by atoms with Gasteiger partial charge in [0.05, 0.1) is 19.3 Å². The molecule has 6 heteroatoms. The highest BCUT2D eigenvalue weighted by molar-refractivity contribution is 5.82. The van der Waals surface area contributed by atoms with Crippen LogP contribution in [0.3, 0.4) is 0 Å². The van der Waals surface area contributed by atoms with E-state index in [1.54, 1.807) is 25.9 Å². The van der Waals surface area contributed by atoms with Gasteiger partial charge in [0.2, 0.25) is 5.91 Å². The lowest BCUT2D eigenvalue weighted by Crippen LogP contribution is -2.57. The first kappa shape index (κ1) is 18.7. The van der Waals surface area contributed by atoms with Gasteiger partial charge in [0.25, 0.3) is 0 Å². The van der Waals surface area contributed by atoms with Crippen LogP contribution in [0.15, 0.2) is 24.3 Å². The number of ether oxygens (including phenoxy) is 2. The van der Waals surface area contributed by atoms with Crippen LogP contribution in [0.2, 0.25) is 0 Å². The molecule has 3 N–H and O–H groups in total. The zero-order valence-electron chi connectivity index (χ0n) is 14.7. The lowest BCUT2D eigenvalue weighted by atomic mass is 9.94. The minimum atomic E-state index is -1.08. The summed E-state index contributed by atoms with van der Waals surface area (Å²) in [6, 6.07) is 6.52. The molecule has 0 bridgehead atoms. The van der Waals surface area contributed by atoms with Crippen LogP contribution in [-0.4, -0.2) is 53.9 Å². The Morgan fingerprint density at radius 2 is 1.88 bits per heavy atom. The van der Waals surface area contributed by atoms with Crippen molar-refractivity contribution in [3.8, 4) is 5.75 Å². The molecular weight excluding hydrogens is 308 g/mol. The summed E-state index contributed by atoms with van der Waals surface area (Å²) in [4.78, 5) is 14.1. The van der Waals surface area contributed by atoms with Crippen molar-refractivity contribution in [2.24, 2.45) is 5.73 Å². The number of nitrogens with two attached hydrogens (primary N) is 1. The van der Waals surface area contributed by atoms with Gasteiger partial charge in [0, 0.05) is 13.1 Å². The van der Waals surface area contributed by atoms with E-state index in [9.17, 15) is 9.90 Å². The SMILES string of the molecule is COc1ccc(COC(C)(C)C(O)[C@H](N)C(=O)N2CCCC2)cc1. The fraction of sp³-hybridized carbons (Fsp3) is 0.611. The summed E-state index contributed by atoms with van der Waals surface area (Å²) in [5.74, 6) is 0.567. The van der Waals surface area contributed by atoms with E-state index in [1.165, 1.54) is 0 Å². The molecule has 1 aliphatic heterocycles. The third-order valence-corrected chi connectivity index (χ3v) is 4.53. The van der Waals surface area contributed by atoms with Gasteiger partial charge >= 0.3 is 0 Å². The number of aliphatic hydroxyl groups is 1. The van der Waals surface area contributed by atoms with Crippen molar-refractivity contribution in [3.05, 3.63) is 29.8 Å². The van der Waals surface area contributed by atoms with Gasteiger partial charge in [-0.05, 0) is 44.4 Å². The maximum Gasteiger partial charge on any atom is 0.242 e. The van der Waals surface area contributed by atoms with E-state index in [-0.39, 0.29) is 5.91 Å². The van der Waals surface area contributed by atoms with Crippen molar-refractivity contribution in [2.45, 2.75) is 51.0 Å². The van der Waals surface area contributed by atoms with E-state index in [2.05, 4.69) is 0 Å². The summed E-state index contributed by atoms with van der Waals surface area (Å²) in [5, 5.41) is 10.5. The van der Waals surface area contributed by atoms with E-state index in [1.807, 2.05) is 24.3 Å². The Bertz CT molecular complexity index is 538. The molecule has 0 aromatic heterocycles. The minimum absolute atomic E-state index is 0.207. The second-order valence-electron chi connectivity index (χ2n) is 6.74. The molecule has 1 fully saturated rings. The molecule has 1 aliphatic rings. The Labute approximate surface area is 143 Å². The number of aliphatic hydroxyl groups excluding tert-OH is 1. The zero-order valence-corrected chi connectivity index (χ0v) is 14.7. The molecule has 1 aromatic carbocycles. The van der Waals surface area contributed by atoms with E-state index >= 15 is 0 Å². The van der Waals surface area contributed by atoms with Crippen LogP contribution in [-0.2, 0) is 16.1 Å². The molecule has 0 aliphatic carbocycles. The second-order valence-corrected chi connectivity index (χ2v) is 6.74. The first-order valence-corrected chi connectivity index (χ1v) is 8.34. The van der Waals surface area contributed by atoms with Crippen LogP contribution >= 0.6 is 0 Å². The van der Waals surface area contributed by atoms with Crippen LogP contribution in [0, 0.1) is 0 Å². The smallest absolute Gasteiger partial charge is 0.242 e. The van der Waals surface area contributed by atoms with Crippen molar-refractivity contribution in [1.29, 1.82) is 0 Å². The van der Waals surface area contributed by atoms with Gasteiger partial charge in [0.1, 0.15) is 17.9 Å². The number of rotatable bonds is 7. The van der Waals surface area contributed by atoms with Crippen LogP contribution in [0.4, 0.5) is 0 Å². The highest BCUT2D eigenvalue weighted by Crippen LogP contribution is 2.22. The highest BCUT2D eigenvalue weighted by Gasteiger charge is 2.39. The molecule has 24 heavy (non-hydrogen) atoms. The first-order chi connectivity index (χ1) is 11.3. The molecule has 1 saturated heterocycles. The van der Waals surface area contributed by atoms with Crippen molar-refractivity contribution in [1.82, 2.24) is 4.90 Å². The van der Waals surface area contributed by atoms with E-state index in [0.29, 0.717) is 19.7 Å². The average Bonchev–Trinajstić information content (AvgIpc) is 3.13. The summed E-state index contributed by atoms with van der Waals surface area (Å²) in [5.41, 5.74) is 6.01. The molecule has 1 heterocycles. The van der Waals surface area contributed by atoms with Crippen molar-refractivity contribution >= 4 is 5.91 Å². The maximum absolute atomic E-state index is 12.3. The Morgan fingerprint density at radius 1 is 1.29 bits per heavy atom. The standard InChI is InChI=1S/C18H28N2O4/c1-18(2,24-12-13-6-8-14(23-3)9-7-13)16(21)15(19)17(22)20-10-4-5-11-20/h6-9,15-16,21H,4-5,10-12,19H2,1-3H3/t15-,16?/m0/s1. The molecule has 0 radical (unpaired) electrons. The predicted octanol–water partition coefficient (Wildman–Crippen LogP) is 1.30. The number of nitrogens with zero attached hydrogens (tertiary/aromatic N) is 1. The number of carbonyl (C=O) groups excluding carboxylic acids is 1. The largest absolute Gasteiger partial charge is 0.497 e. The van der Waals surface area contributed by atoms with Crippen LogP contribution in [0.1, 0.15) is 32.3 Å². The molecule has 2 rings (SSSR count). The monoisotopic (exact) mass is 336 g/mol. The van der Waals surface area contributed by atoms with Gasteiger partial charge in [-0.3, -0.25) is 4.79 Å². The topological polar surface area (TPSA) is 85.0 Å². The summed E-state index contributed by atoms with van der Waals surface area (Å²) in [6.45, 7) is 5.24. The van der Waals surface area contributed by atoms with Crippen molar-refractivity contribution in [2.75, 3.05) is 20.2 Å². The third-order valence-electron chi connectivity index (χ3n) is 4.53. The number of hydrogen-bond donors (Lipinski definition) is 2. The normalized spacial score (nSPS) is 17.6. The Balaban J connectivity index is 1.93. The van der Waals surface area contributed by atoms with Crippen LogP contribution < -0.4 is 10.5 Å². The fourth-order valence-electron chi connectivity index (χ4n) is 2.79. The quantitative estimate of drug-likeness (QED) is 0.784. The summed E-state index contributed by atoms with van der Waals surface area (Å²) in [7, 11) is 1.61. The molecule has 6 nitrogen and oxygen atoms in total. The van der Waals surface area contributed by atoms with E-state index < -0.39 is 17.7 Å². The lowest BCUT2D eigenvalue weighted by molar-refractivity contribution is -0.147. The Morgan fingerprint density at radius 3 is 2.42 bits per heavy atom. The van der Waals surface area contributed by atoms with Gasteiger partial charge in [0.15, 0.2) is 0 Å². The highest BCUT2D eigenvalue weighted by atomic mass is 16.5. The molecular formula is C18H28N2O4. The van der Waals surface area contributed by atoms with Gasteiger partial charge < -0.3 is 25.2 Å². The number of amides is 1. The Kier molecular flexibility index (Phi) is 6.21. The molecule has 1 amide bonds. The van der Waals surface area contributed by atoms with Crippen molar-refractivity contribution in [3.63, 3.8) is 0 Å². The number of likely N-dealkylation sites (tertiary alicyclic amines) is 1. The fourth-order valence-corrected chi connectivity index (χ4v) is 2.79. The van der Waals surface area contributed by atoms with Crippen LogP contribution in [0.5, 0.6) is 5.75 Å². The first-order valence-electron chi connectivity index (χ1n) is 8.34. The minimum Gasteiger partial charge on any atom is -0.497 e.